The fourth-order valence-corrected chi connectivity index (χ4v) is 4.38. The molecule has 0 spiro atoms. The van der Waals surface area contributed by atoms with E-state index in [-0.39, 0.29) is 33.9 Å². The number of aromatic nitrogens is 1. The van der Waals surface area contributed by atoms with E-state index in [2.05, 4.69) is 6.92 Å². The summed E-state index contributed by atoms with van der Waals surface area (Å²) in [6.07, 6.45) is 4.58. The molecule has 8 heteroatoms. The van der Waals surface area contributed by atoms with Gasteiger partial charge < -0.3 is 25.4 Å². The molecule has 2 aliphatic rings. The number of benzene rings is 1. The molecule has 0 bridgehead atoms. The first-order chi connectivity index (χ1) is 12.8. The molecule has 1 saturated heterocycles. The summed E-state index contributed by atoms with van der Waals surface area (Å²) in [5.41, 5.74) is 6.22. The van der Waals surface area contributed by atoms with Crippen LogP contribution in [-0.2, 0) is 0 Å². The van der Waals surface area contributed by atoms with E-state index in [4.69, 9.17) is 17.3 Å². The van der Waals surface area contributed by atoms with Gasteiger partial charge >= 0.3 is 5.97 Å². The highest BCUT2D eigenvalue weighted by Crippen LogP contribution is 2.45. The van der Waals surface area contributed by atoms with E-state index >= 15 is 0 Å². The molecule has 1 aliphatic heterocycles. The molecule has 1 saturated carbocycles. The Hall–Kier alpha value is -2.25. The van der Waals surface area contributed by atoms with Crippen molar-refractivity contribution >= 4 is 34.2 Å². The number of piperidine rings is 1. The maximum absolute atomic E-state index is 12.7. The van der Waals surface area contributed by atoms with E-state index in [1.54, 1.807) is 4.57 Å². The SMILES string of the molecule is CC1CCN(c2c(O)cc3c(=O)c(C(=O)O)cn(C4CC4)c3c2Cl)C(N)C1. The third kappa shape index (κ3) is 2.95. The maximum atomic E-state index is 12.7. The number of aromatic carboxylic acids is 1. The fourth-order valence-electron chi connectivity index (χ4n) is 3.98. The van der Waals surface area contributed by atoms with Gasteiger partial charge in [0.05, 0.1) is 22.1 Å². The van der Waals surface area contributed by atoms with Gasteiger partial charge in [-0.1, -0.05) is 18.5 Å². The largest absolute Gasteiger partial charge is 0.506 e. The highest BCUT2D eigenvalue weighted by Gasteiger charge is 2.32. The Balaban J connectivity index is 1.98. The summed E-state index contributed by atoms with van der Waals surface area (Å²) in [7, 11) is 0. The number of pyridine rings is 1. The number of aromatic hydroxyl groups is 1. The van der Waals surface area contributed by atoms with Crippen molar-refractivity contribution in [2.45, 2.75) is 44.8 Å². The molecule has 2 heterocycles. The number of fused-ring (bicyclic) bond motifs is 1. The predicted octanol–water partition coefficient (Wildman–Crippen LogP) is 2.91. The Morgan fingerprint density at radius 2 is 2.04 bits per heavy atom. The lowest BCUT2D eigenvalue weighted by atomic mass is 9.96. The Morgan fingerprint density at radius 1 is 1.33 bits per heavy atom. The number of halogens is 1. The lowest BCUT2D eigenvalue weighted by Crippen LogP contribution is -2.48. The van der Waals surface area contributed by atoms with Crippen molar-refractivity contribution in [1.29, 1.82) is 0 Å². The van der Waals surface area contributed by atoms with Crippen molar-refractivity contribution in [3.05, 3.63) is 33.1 Å². The summed E-state index contributed by atoms with van der Waals surface area (Å²) in [5.74, 6) is -0.956. The smallest absolute Gasteiger partial charge is 0.341 e. The highest BCUT2D eigenvalue weighted by atomic mass is 35.5. The lowest BCUT2D eigenvalue weighted by molar-refractivity contribution is 0.0695. The van der Waals surface area contributed by atoms with Crippen LogP contribution in [0.3, 0.4) is 0 Å². The molecule has 0 amide bonds. The molecule has 4 rings (SSSR count). The first-order valence-corrected chi connectivity index (χ1v) is 9.53. The van der Waals surface area contributed by atoms with Gasteiger partial charge in [-0.15, -0.1) is 0 Å². The predicted molar refractivity (Wildman–Crippen MR) is 104 cm³/mol. The number of hydrogen-bond donors (Lipinski definition) is 3. The Kier molecular flexibility index (Phi) is 4.31. The number of phenols is 1. The van der Waals surface area contributed by atoms with Gasteiger partial charge in [-0.2, -0.15) is 0 Å². The standard InChI is InChI=1S/C19H22ClN3O4/c1-9-4-5-22(14(21)6-9)17-13(24)7-11-16(15(17)20)23(10-2-3-10)8-12(18(11)25)19(26)27/h7-10,14,24H,2-6,21H2,1H3,(H,26,27). The van der Waals surface area contributed by atoms with Gasteiger partial charge in [0.25, 0.3) is 0 Å². The van der Waals surface area contributed by atoms with Crippen LogP contribution in [-0.4, -0.2) is 33.5 Å². The second-order valence-corrected chi connectivity index (χ2v) is 8.04. The third-order valence-corrected chi connectivity index (χ3v) is 5.93. The van der Waals surface area contributed by atoms with Gasteiger partial charge in [0.15, 0.2) is 0 Å². The van der Waals surface area contributed by atoms with E-state index in [1.807, 2.05) is 4.90 Å². The molecule has 2 unspecified atom stereocenters. The van der Waals surface area contributed by atoms with Gasteiger partial charge in [0.1, 0.15) is 17.0 Å². The minimum Gasteiger partial charge on any atom is -0.506 e. The van der Waals surface area contributed by atoms with E-state index in [1.165, 1.54) is 12.3 Å². The number of rotatable bonds is 3. The van der Waals surface area contributed by atoms with Crippen LogP contribution in [0, 0.1) is 5.92 Å². The molecular weight excluding hydrogens is 370 g/mol. The van der Waals surface area contributed by atoms with E-state index < -0.39 is 11.4 Å². The number of carbonyl (C=O) groups is 1. The number of anilines is 1. The summed E-state index contributed by atoms with van der Waals surface area (Å²) < 4.78 is 1.77. The number of nitrogens with two attached hydrogens (primary N) is 1. The third-order valence-electron chi connectivity index (χ3n) is 5.58. The van der Waals surface area contributed by atoms with Gasteiger partial charge in [-0.05, 0) is 37.7 Å². The van der Waals surface area contributed by atoms with Crippen LogP contribution in [0.25, 0.3) is 10.9 Å². The molecule has 0 radical (unpaired) electrons. The topological polar surface area (TPSA) is 109 Å². The second kappa shape index (κ2) is 6.42. The number of hydrogen-bond acceptors (Lipinski definition) is 5. The van der Waals surface area contributed by atoms with Crippen molar-refractivity contribution in [3.63, 3.8) is 0 Å². The van der Waals surface area contributed by atoms with Crippen LogP contribution in [0.5, 0.6) is 5.75 Å². The van der Waals surface area contributed by atoms with Crippen LogP contribution in [0.15, 0.2) is 17.1 Å². The number of carboxylic acid groups (broad SMARTS) is 1. The quantitative estimate of drug-likeness (QED) is 0.742. The molecule has 27 heavy (non-hydrogen) atoms. The van der Waals surface area contributed by atoms with Gasteiger partial charge in [0.2, 0.25) is 5.43 Å². The molecular formula is C19H22ClN3O4. The average molecular weight is 392 g/mol. The molecule has 2 atom stereocenters. The van der Waals surface area contributed by atoms with Crippen molar-refractivity contribution in [3.8, 4) is 5.75 Å². The van der Waals surface area contributed by atoms with Crippen LogP contribution >= 0.6 is 11.6 Å². The van der Waals surface area contributed by atoms with Crippen LogP contribution in [0.4, 0.5) is 5.69 Å². The Labute approximate surface area is 160 Å². The second-order valence-electron chi connectivity index (χ2n) is 7.66. The number of phenolic OH excluding ortho intramolecular Hbond substituents is 1. The van der Waals surface area contributed by atoms with Crippen LogP contribution in [0.1, 0.15) is 49.0 Å². The molecule has 1 aromatic carbocycles. The lowest BCUT2D eigenvalue weighted by Gasteiger charge is -2.38. The van der Waals surface area contributed by atoms with Gasteiger partial charge in [-0.3, -0.25) is 4.79 Å². The van der Waals surface area contributed by atoms with Crippen LogP contribution < -0.4 is 16.1 Å². The van der Waals surface area contributed by atoms with Crippen molar-refractivity contribution < 1.29 is 15.0 Å². The van der Waals surface area contributed by atoms with Crippen molar-refractivity contribution in [2.75, 3.05) is 11.4 Å². The van der Waals surface area contributed by atoms with E-state index in [9.17, 15) is 19.8 Å². The summed E-state index contributed by atoms with van der Waals surface area (Å²) in [4.78, 5) is 26.0. The minimum atomic E-state index is -1.29. The van der Waals surface area contributed by atoms with Gasteiger partial charge in [-0.25, -0.2) is 4.79 Å². The molecule has 4 N–H and O–H groups in total. The normalized spacial score (nSPS) is 23.0. The summed E-state index contributed by atoms with van der Waals surface area (Å²) in [6.45, 7) is 2.79. The Morgan fingerprint density at radius 3 is 2.63 bits per heavy atom. The molecule has 1 aromatic heterocycles. The van der Waals surface area contributed by atoms with Gasteiger partial charge in [0, 0.05) is 18.8 Å². The highest BCUT2D eigenvalue weighted by molar-refractivity contribution is 6.38. The molecule has 2 aromatic rings. The minimum absolute atomic E-state index is 0.108. The Bertz CT molecular complexity index is 999. The monoisotopic (exact) mass is 391 g/mol. The molecule has 1 aliphatic carbocycles. The zero-order chi connectivity index (χ0) is 19.5. The van der Waals surface area contributed by atoms with Crippen LogP contribution in [0.2, 0.25) is 5.02 Å². The van der Waals surface area contributed by atoms with E-state index in [0.29, 0.717) is 23.7 Å². The summed E-state index contributed by atoms with van der Waals surface area (Å²) in [5, 5.41) is 20.4. The zero-order valence-electron chi connectivity index (χ0n) is 15.0. The number of nitrogens with zero attached hydrogens (tertiary/aromatic N) is 2. The van der Waals surface area contributed by atoms with Crippen molar-refractivity contribution in [1.82, 2.24) is 4.57 Å². The first kappa shape index (κ1) is 18.1. The maximum Gasteiger partial charge on any atom is 0.341 e. The van der Waals surface area contributed by atoms with E-state index in [0.717, 1.165) is 25.7 Å². The molecule has 7 nitrogen and oxygen atoms in total. The molecule has 144 valence electrons. The fraction of sp³-hybridized carbons (Fsp3) is 0.474. The average Bonchev–Trinajstić information content (AvgIpc) is 3.42. The van der Waals surface area contributed by atoms with Crippen molar-refractivity contribution in [2.24, 2.45) is 11.7 Å². The zero-order valence-corrected chi connectivity index (χ0v) is 15.7. The molecule has 2 fully saturated rings. The summed E-state index contributed by atoms with van der Waals surface area (Å²) >= 11 is 6.70. The number of carboxylic acids is 1. The first-order valence-electron chi connectivity index (χ1n) is 9.15. The summed E-state index contributed by atoms with van der Waals surface area (Å²) in [6, 6.07) is 1.44.